The van der Waals surface area contributed by atoms with Crippen LogP contribution in [0.15, 0.2) is 48.8 Å². The monoisotopic (exact) mass is 479 g/mol. The zero-order valence-corrected chi connectivity index (χ0v) is 19.5. The van der Waals surface area contributed by atoms with Crippen LogP contribution in [0.1, 0.15) is 34.0 Å². The van der Waals surface area contributed by atoms with Crippen LogP contribution in [0.3, 0.4) is 0 Å². The van der Waals surface area contributed by atoms with E-state index >= 15 is 0 Å². The molecule has 2 aromatic heterocycles. The molecular weight excluding hydrogens is 448 g/mol. The molecular formula is C27H31F2N5O. The molecule has 1 saturated heterocycles. The number of nitrogens with zero attached hydrogens (tertiary/aromatic N) is 2. The van der Waals surface area contributed by atoms with Crippen molar-refractivity contribution in [1.29, 1.82) is 0 Å². The Kier molecular flexibility index (Phi) is 4.89. The number of carbonyl (C=O) groups is 1. The molecule has 35 heavy (non-hydrogen) atoms. The molecule has 184 valence electrons. The van der Waals surface area contributed by atoms with Crippen molar-refractivity contribution < 1.29 is 17.9 Å². The molecule has 1 fully saturated rings. The fraction of sp³-hybridized carbons (Fsp3) is 0.259. The largest absolute Gasteiger partial charge is 0.367 e. The van der Waals surface area contributed by atoms with Gasteiger partial charge in [0, 0.05) is 64.9 Å². The van der Waals surface area contributed by atoms with E-state index in [4.69, 9.17) is 0 Å². The number of halogens is 2. The Balaban J connectivity index is 0.00000133. The van der Waals surface area contributed by atoms with Gasteiger partial charge in [0.1, 0.15) is 5.65 Å². The highest BCUT2D eigenvalue weighted by Crippen LogP contribution is 2.37. The Bertz CT molecular complexity index is 1500. The van der Waals surface area contributed by atoms with Gasteiger partial charge >= 0.3 is 0 Å². The van der Waals surface area contributed by atoms with Gasteiger partial charge in [0.2, 0.25) is 0 Å². The Hall–Kier alpha value is -3.78. The molecule has 3 N–H and O–H groups in total. The van der Waals surface area contributed by atoms with Crippen LogP contribution in [0, 0.1) is 11.6 Å². The lowest BCUT2D eigenvalue weighted by molar-refractivity contribution is 0.0940. The number of H-pyrrole nitrogens is 1. The van der Waals surface area contributed by atoms with Gasteiger partial charge in [0.05, 0.1) is 11.2 Å². The number of hydrogen-bond donors (Lipinski definition) is 3. The molecule has 2 aliphatic rings. The summed E-state index contributed by atoms with van der Waals surface area (Å²) in [5.41, 5.74) is 5.29. The number of piperazine rings is 1. The molecule has 4 heterocycles. The number of pyridine rings is 1. The Morgan fingerprint density at radius 2 is 1.80 bits per heavy atom. The molecule has 0 bridgehead atoms. The molecule has 0 atom stereocenters. The highest BCUT2D eigenvalue weighted by Gasteiger charge is 2.35. The van der Waals surface area contributed by atoms with Crippen molar-refractivity contribution in [3.05, 3.63) is 71.6 Å². The Morgan fingerprint density at radius 3 is 2.60 bits per heavy atom. The first kappa shape index (κ1) is 21.7. The first-order chi connectivity index (χ1) is 16.8. The van der Waals surface area contributed by atoms with Crippen LogP contribution in [-0.2, 0) is 5.54 Å². The van der Waals surface area contributed by atoms with E-state index in [1.165, 1.54) is 6.07 Å². The SMILES string of the molecule is CC1(C)NC(=O)c2ccc(-c3c[nH]c4ncc(-c5cc(F)c(F)c(N6CCNCC6)c5)cc34)cc21.[HH].[HH].[HH]. The Labute approximate surface area is 205 Å². The lowest BCUT2D eigenvalue weighted by Gasteiger charge is -2.30. The van der Waals surface area contributed by atoms with Gasteiger partial charge in [-0.1, -0.05) is 6.07 Å². The van der Waals surface area contributed by atoms with E-state index in [9.17, 15) is 13.6 Å². The maximum Gasteiger partial charge on any atom is 0.252 e. The minimum absolute atomic E-state index is 0. The van der Waals surface area contributed by atoms with Gasteiger partial charge in [-0.3, -0.25) is 4.79 Å². The van der Waals surface area contributed by atoms with Crippen molar-refractivity contribution in [1.82, 2.24) is 20.6 Å². The summed E-state index contributed by atoms with van der Waals surface area (Å²) in [5, 5.41) is 7.11. The third-order valence-corrected chi connectivity index (χ3v) is 7.01. The first-order valence-corrected chi connectivity index (χ1v) is 11.7. The summed E-state index contributed by atoms with van der Waals surface area (Å²) in [6.45, 7) is 6.65. The molecule has 0 spiro atoms. The maximum atomic E-state index is 14.7. The van der Waals surface area contributed by atoms with Crippen molar-refractivity contribution in [3.63, 3.8) is 0 Å². The summed E-state index contributed by atoms with van der Waals surface area (Å²) in [6, 6.07) is 10.7. The van der Waals surface area contributed by atoms with Gasteiger partial charge in [-0.15, -0.1) is 0 Å². The number of benzene rings is 2. The molecule has 4 aromatic rings. The van der Waals surface area contributed by atoms with Crippen LogP contribution in [0.4, 0.5) is 14.5 Å². The molecule has 2 aromatic carbocycles. The number of aromatic amines is 1. The average Bonchev–Trinajstić information content (AvgIpc) is 3.38. The maximum absolute atomic E-state index is 14.7. The fourth-order valence-corrected chi connectivity index (χ4v) is 5.12. The highest BCUT2D eigenvalue weighted by atomic mass is 19.2. The smallest absolute Gasteiger partial charge is 0.252 e. The number of fused-ring (bicyclic) bond motifs is 2. The van der Waals surface area contributed by atoms with Gasteiger partial charge in [-0.2, -0.15) is 0 Å². The summed E-state index contributed by atoms with van der Waals surface area (Å²) in [5.74, 6) is -1.77. The summed E-state index contributed by atoms with van der Waals surface area (Å²) in [4.78, 5) is 21.9. The van der Waals surface area contributed by atoms with Crippen molar-refractivity contribution in [2.24, 2.45) is 0 Å². The van der Waals surface area contributed by atoms with E-state index in [1.54, 1.807) is 12.3 Å². The number of aromatic nitrogens is 2. The predicted molar refractivity (Wildman–Crippen MR) is 139 cm³/mol. The van der Waals surface area contributed by atoms with Crippen LogP contribution in [0.5, 0.6) is 0 Å². The van der Waals surface area contributed by atoms with Crippen LogP contribution in [-0.4, -0.2) is 42.1 Å². The van der Waals surface area contributed by atoms with Crippen LogP contribution in [0.25, 0.3) is 33.3 Å². The normalized spacial score (nSPS) is 17.0. The second-order valence-corrected chi connectivity index (χ2v) is 9.69. The number of nitrogens with one attached hydrogen (secondary N) is 3. The third kappa shape index (κ3) is 3.56. The molecule has 2 aliphatic heterocycles. The zero-order valence-electron chi connectivity index (χ0n) is 19.5. The number of carbonyl (C=O) groups excluding carboxylic acids is 1. The van der Waals surface area contributed by atoms with E-state index in [-0.39, 0.29) is 15.9 Å². The van der Waals surface area contributed by atoms with Crippen LogP contribution in [0.2, 0.25) is 0 Å². The lowest BCUT2D eigenvalue weighted by atomic mass is 9.91. The molecule has 1 amide bonds. The summed E-state index contributed by atoms with van der Waals surface area (Å²) < 4.78 is 29.3. The highest BCUT2D eigenvalue weighted by molar-refractivity contribution is 6.02. The number of hydrogen-bond acceptors (Lipinski definition) is 4. The van der Waals surface area contributed by atoms with Crippen LogP contribution < -0.4 is 15.5 Å². The number of anilines is 1. The van der Waals surface area contributed by atoms with E-state index in [0.717, 1.165) is 35.2 Å². The summed E-state index contributed by atoms with van der Waals surface area (Å²) in [6.07, 6.45) is 3.56. The van der Waals surface area contributed by atoms with Crippen molar-refractivity contribution in [2.75, 3.05) is 31.1 Å². The third-order valence-electron chi connectivity index (χ3n) is 7.01. The van der Waals surface area contributed by atoms with Gasteiger partial charge in [-0.25, -0.2) is 13.8 Å². The second kappa shape index (κ2) is 7.88. The molecule has 6 rings (SSSR count). The number of rotatable bonds is 3. The molecule has 8 heteroatoms. The Morgan fingerprint density at radius 1 is 1.00 bits per heavy atom. The summed E-state index contributed by atoms with van der Waals surface area (Å²) >= 11 is 0. The van der Waals surface area contributed by atoms with Gasteiger partial charge in [-0.05, 0) is 60.9 Å². The molecule has 0 unspecified atom stereocenters. The predicted octanol–water partition coefficient (Wildman–Crippen LogP) is 5.30. The fourth-order valence-electron chi connectivity index (χ4n) is 5.12. The zero-order chi connectivity index (χ0) is 24.3. The minimum Gasteiger partial charge on any atom is -0.367 e. The van der Waals surface area contributed by atoms with Crippen LogP contribution >= 0.6 is 0 Å². The molecule has 6 nitrogen and oxygen atoms in total. The average molecular weight is 480 g/mol. The minimum atomic E-state index is -0.872. The molecule has 0 aliphatic carbocycles. The van der Waals surface area contributed by atoms with E-state index < -0.39 is 17.2 Å². The lowest BCUT2D eigenvalue weighted by Crippen LogP contribution is -2.44. The quantitative estimate of drug-likeness (QED) is 0.373. The van der Waals surface area contributed by atoms with Gasteiger partial charge < -0.3 is 20.5 Å². The first-order valence-electron chi connectivity index (χ1n) is 11.7. The topological polar surface area (TPSA) is 73.0 Å². The van der Waals surface area contributed by atoms with E-state index in [2.05, 4.69) is 20.6 Å². The van der Waals surface area contributed by atoms with Gasteiger partial charge in [0.25, 0.3) is 5.91 Å². The number of amides is 1. The van der Waals surface area contributed by atoms with Crippen molar-refractivity contribution in [2.45, 2.75) is 19.4 Å². The van der Waals surface area contributed by atoms with Gasteiger partial charge in [0.15, 0.2) is 11.6 Å². The van der Waals surface area contributed by atoms with Crippen molar-refractivity contribution >= 4 is 22.6 Å². The van der Waals surface area contributed by atoms with E-state index in [0.29, 0.717) is 35.4 Å². The molecule has 0 saturated carbocycles. The van der Waals surface area contributed by atoms with E-state index in [1.807, 2.05) is 49.2 Å². The summed E-state index contributed by atoms with van der Waals surface area (Å²) in [7, 11) is 0. The molecule has 0 radical (unpaired) electrons. The standard InChI is InChI=1S/C27H25F2N5O.3H2/c1-27(2)21-10-15(3-4-18(21)26(35)33-27)20-14-32-25-19(20)9-17(13-31-25)16-11-22(28)24(29)23(12-16)34-7-5-30-6-8-34;;;/h3-4,9-14,30H,5-8H2,1-2H3,(H,31,32)(H,33,35);3*1H. The second-order valence-electron chi connectivity index (χ2n) is 9.69. The van der Waals surface area contributed by atoms with Crippen molar-refractivity contribution in [3.8, 4) is 22.3 Å².